The van der Waals surface area contributed by atoms with Gasteiger partial charge in [0, 0.05) is 23.8 Å². The van der Waals surface area contributed by atoms with Crippen LogP contribution in [0.15, 0.2) is 35.7 Å². The summed E-state index contributed by atoms with van der Waals surface area (Å²) in [5, 5.41) is 3.09. The molecular formula is C15H14N2S. The van der Waals surface area contributed by atoms with Crippen LogP contribution in [-0.4, -0.2) is 4.98 Å². The number of hydrogen-bond acceptors (Lipinski definition) is 2. The second-order valence-corrected chi connectivity index (χ2v) is 5.61. The van der Waals surface area contributed by atoms with Gasteiger partial charge in [0.2, 0.25) is 0 Å². The van der Waals surface area contributed by atoms with E-state index in [1.54, 1.807) is 11.3 Å². The predicted octanol–water partition coefficient (Wildman–Crippen LogP) is 4.50. The molecule has 2 nitrogen and oxygen atoms in total. The fourth-order valence-electron chi connectivity index (χ4n) is 2.56. The SMILES string of the molecule is [C-]#[N+]C1(c2nc(-c3ccccc3)cs2)CCCC1. The standard InChI is InChI=1S/C15H14N2S/c1-16-15(9-5-6-10-15)14-17-13(11-18-14)12-7-3-2-4-8-12/h2-4,7-8,11H,5-6,9-10H2. The number of nitrogens with zero attached hydrogens (tertiary/aromatic N) is 2. The smallest absolute Gasteiger partial charge is 0.283 e. The van der Waals surface area contributed by atoms with E-state index in [0.29, 0.717) is 0 Å². The van der Waals surface area contributed by atoms with Gasteiger partial charge in [-0.05, 0) is 12.8 Å². The van der Waals surface area contributed by atoms with E-state index < -0.39 is 0 Å². The molecule has 0 unspecified atom stereocenters. The van der Waals surface area contributed by atoms with E-state index >= 15 is 0 Å². The summed E-state index contributed by atoms with van der Waals surface area (Å²) in [4.78, 5) is 8.60. The molecule has 1 aromatic heterocycles. The lowest BCUT2D eigenvalue weighted by atomic mass is 10.00. The Balaban J connectivity index is 1.97. The zero-order chi connectivity index (χ0) is 12.4. The highest BCUT2D eigenvalue weighted by atomic mass is 32.1. The highest BCUT2D eigenvalue weighted by Gasteiger charge is 2.44. The van der Waals surface area contributed by atoms with Crippen LogP contribution in [0.5, 0.6) is 0 Å². The van der Waals surface area contributed by atoms with Crippen molar-refractivity contribution in [2.75, 3.05) is 0 Å². The van der Waals surface area contributed by atoms with E-state index in [1.807, 2.05) is 18.2 Å². The lowest BCUT2D eigenvalue weighted by Crippen LogP contribution is -2.16. The summed E-state index contributed by atoms with van der Waals surface area (Å²) in [5.41, 5.74) is 1.82. The third-order valence-electron chi connectivity index (χ3n) is 3.62. The van der Waals surface area contributed by atoms with E-state index in [0.717, 1.165) is 41.9 Å². The van der Waals surface area contributed by atoms with Gasteiger partial charge in [0.1, 0.15) is 0 Å². The van der Waals surface area contributed by atoms with Gasteiger partial charge >= 0.3 is 0 Å². The average Bonchev–Trinajstić information content (AvgIpc) is 3.09. The lowest BCUT2D eigenvalue weighted by molar-refractivity contribution is 0.549. The molecule has 0 amide bonds. The lowest BCUT2D eigenvalue weighted by Gasteiger charge is -2.11. The molecule has 1 aliphatic carbocycles. The molecule has 1 saturated carbocycles. The molecule has 0 saturated heterocycles. The Kier molecular flexibility index (Phi) is 2.89. The normalized spacial score (nSPS) is 17.5. The number of hydrogen-bond donors (Lipinski definition) is 0. The van der Waals surface area contributed by atoms with Crippen LogP contribution < -0.4 is 0 Å². The first-order chi connectivity index (χ1) is 8.84. The monoisotopic (exact) mass is 254 g/mol. The van der Waals surface area contributed by atoms with Crippen LogP contribution in [0, 0.1) is 6.57 Å². The maximum Gasteiger partial charge on any atom is 0.283 e. The second kappa shape index (κ2) is 4.55. The summed E-state index contributed by atoms with van der Waals surface area (Å²) in [6, 6.07) is 10.2. The summed E-state index contributed by atoms with van der Waals surface area (Å²) in [5.74, 6) is 0. The molecular weight excluding hydrogens is 240 g/mol. The van der Waals surface area contributed by atoms with Gasteiger partial charge < -0.3 is 4.85 Å². The van der Waals surface area contributed by atoms with E-state index in [-0.39, 0.29) is 5.54 Å². The average molecular weight is 254 g/mol. The summed E-state index contributed by atoms with van der Waals surface area (Å²) < 4.78 is 0. The van der Waals surface area contributed by atoms with Gasteiger partial charge in [-0.25, -0.2) is 11.6 Å². The summed E-state index contributed by atoms with van der Waals surface area (Å²) in [7, 11) is 0. The minimum absolute atomic E-state index is 0.322. The minimum atomic E-state index is -0.322. The van der Waals surface area contributed by atoms with Gasteiger partial charge in [0.15, 0.2) is 5.01 Å². The Morgan fingerprint density at radius 3 is 2.56 bits per heavy atom. The van der Waals surface area contributed by atoms with E-state index in [4.69, 9.17) is 11.6 Å². The summed E-state index contributed by atoms with van der Waals surface area (Å²) >= 11 is 1.64. The van der Waals surface area contributed by atoms with Crippen LogP contribution >= 0.6 is 11.3 Å². The van der Waals surface area contributed by atoms with Gasteiger partial charge in [-0.2, -0.15) is 0 Å². The van der Waals surface area contributed by atoms with Crippen molar-refractivity contribution in [2.24, 2.45) is 0 Å². The molecule has 1 fully saturated rings. The molecule has 0 bridgehead atoms. The molecule has 3 heteroatoms. The zero-order valence-corrected chi connectivity index (χ0v) is 10.9. The third-order valence-corrected chi connectivity index (χ3v) is 4.65. The third kappa shape index (κ3) is 1.83. The zero-order valence-electron chi connectivity index (χ0n) is 10.1. The first-order valence-electron chi connectivity index (χ1n) is 6.24. The molecule has 18 heavy (non-hydrogen) atoms. The van der Waals surface area contributed by atoms with Crippen LogP contribution in [0.25, 0.3) is 16.1 Å². The van der Waals surface area contributed by atoms with Crippen molar-refractivity contribution >= 4 is 11.3 Å². The molecule has 0 spiro atoms. The van der Waals surface area contributed by atoms with Gasteiger partial charge in [-0.1, -0.05) is 30.3 Å². The summed E-state index contributed by atoms with van der Waals surface area (Å²) in [6.45, 7) is 7.49. The molecule has 0 atom stereocenters. The van der Waals surface area contributed by atoms with Gasteiger partial charge in [0.25, 0.3) is 5.54 Å². The van der Waals surface area contributed by atoms with Crippen molar-refractivity contribution in [1.82, 2.24) is 4.98 Å². The Hall–Kier alpha value is -1.66. The van der Waals surface area contributed by atoms with E-state index in [9.17, 15) is 0 Å². The molecule has 0 aliphatic heterocycles. The highest BCUT2D eigenvalue weighted by Crippen LogP contribution is 2.44. The van der Waals surface area contributed by atoms with Crippen molar-refractivity contribution in [2.45, 2.75) is 31.2 Å². The largest absolute Gasteiger partial charge is 0.303 e. The van der Waals surface area contributed by atoms with Crippen molar-refractivity contribution in [3.05, 3.63) is 52.1 Å². The molecule has 1 aromatic carbocycles. The molecule has 3 rings (SSSR count). The van der Waals surface area contributed by atoms with Gasteiger partial charge in [-0.15, -0.1) is 11.3 Å². The molecule has 0 N–H and O–H groups in total. The highest BCUT2D eigenvalue weighted by molar-refractivity contribution is 7.10. The fraction of sp³-hybridized carbons (Fsp3) is 0.333. The Morgan fingerprint density at radius 1 is 1.17 bits per heavy atom. The Bertz CT molecular complexity index is 574. The van der Waals surface area contributed by atoms with Crippen LogP contribution in [0.2, 0.25) is 0 Å². The Morgan fingerprint density at radius 2 is 1.89 bits per heavy atom. The van der Waals surface area contributed by atoms with Gasteiger partial charge in [0.05, 0.1) is 5.69 Å². The first kappa shape index (κ1) is 11.4. The number of rotatable bonds is 2. The van der Waals surface area contributed by atoms with Crippen LogP contribution in [-0.2, 0) is 5.54 Å². The molecule has 1 aliphatic rings. The van der Waals surface area contributed by atoms with Crippen LogP contribution in [0.4, 0.5) is 0 Å². The van der Waals surface area contributed by atoms with Crippen molar-refractivity contribution in [1.29, 1.82) is 0 Å². The van der Waals surface area contributed by atoms with Crippen LogP contribution in [0.3, 0.4) is 0 Å². The number of benzene rings is 1. The fourth-order valence-corrected chi connectivity index (χ4v) is 3.59. The second-order valence-electron chi connectivity index (χ2n) is 4.75. The van der Waals surface area contributed by atoms with Gasteiger partial charge in [-0.3, -0.25) is 0 Å². The van der Waals surface area contributed by atoms with Crippen molar-refractivity contribution < 1.29 is 0 Å². The molecule has 0 radical (unpaired) electrons. The van der Waals surface area contributed by atoms with Crippen molar-refractivity contribution in [3.63, 3.8) is 0 Å². The first-order valence-corrected chi connectivity index (χ1v) is 7.12. The van der Waals surface area contributed by atoms with Crippen molar-refractivity contribution in [3.8, 4) is 11.3 Å². The molecule has 90 valence electrons. The van der Waals surface area contributed by atoms with E-state index in [2.05, 4.69) is 22.4 Å². The maximum absolute atomic E-state index is 7.49. The molecule has 1 heterocycles. The predicted molar refractivity (Wildman–Crippen MR) is 74.3 cm³/mol. The topological polar surface area (TPSA) is 17.2 Å². The van der Waals surface area contributed by atoms with E-state index in [1.165, 1.54) is 0 Å². The number of thiazole rings is 1. The summed E-state index contributed by atoms with van der Waals surface area (Å²) in [6.07, 6.45) is 4.25. The Labute approximate surface area is 111 Å². The minimum Gasteiger partial charge on any atom is -0.303 e. The quantitative estimate of drug-likeness (QED) is 0.721. The number of aromatic nitrogens is 1. The maximum atomic E-state index is 7.49. The van der Waals surface area contributed by atoms with Crippen LogP contribution in [0.1, 0.15) is 30.7 Å². The molecule has 2 aromatic rings.